The topological polar surface area (TPSA) is 124 Å². The van der Waals surface area contributed by atoms with Gasteiger partial charge in [0.1, 0.15) is 23.6 Å². The first-order valence-electron chi connectivity index (χ1n) is 17.0. The van der Waals surface area contributed by atoms with Crippen molar-refractivity contribution in [3.63, 3.8) is 0 Å². The molecular formula is C41H38N4O4S. The Balaban J connectivity index is 1.14. The van der Waals surface area contributed by atoms with Gasteiger partial charge in [-0.3, -0.25) is 9.59 Å². The van der Waals surface area contributed by atoms with Gasteiger partial charge in [-0.1, -0.05) is 97.1 Å². The molecule has 2 heterocycles. The van der Waals surface area contributed by atoms with E-state index >= 15 is 0 Å². The average molecular weight is 683 g/mol. The molecule has 7 rings (SSSR count). The van der Waals surface area contributed by atoms with Crippen LogP contribution in [0.25, 0.3) is 22.0 Å². The van der Waals surface area contributed by atoms with Gasteiger partial charge in [-0.15, -0.1) is 0 Å². The highest BCUT2D eigenvalue weighted by molar-refractivity contribution is 8.17. The number of benzene rings is 4. The van der Waals surface area contributed by atoms with E-state index in [4.69, 9.17) is 4.74 Å². The number of hydrogen-bond donors (Lipinski definition) is 3. The SMILES string of the molecule is N#CC(C(=O)[C@H](Cc1ccccc1)NC(=O)[C@H](Cc1c[nH]c2ccccc12)NC(=O)OCC1c2ccccc2-c2ccccc21)=S1CCCC1. The van der Waals surface area contributed by atoms with E-state index < -0.39 is 34.6 Å². The molecule has 1 aromatic heterocycles. The van der Waals surface area contributed by atoms with Crippen LogP contribution < -0.4 is 10.6 Å². The van der Waals surface area contributed by atoms with Crippen molar-refractivity contribution in [2.24, 2.45) is 0 Å². The lowest BCUT2D eigenvalue weighted by atomic mass is 9.98. The van der Waals surface area contributed by atoms with Crippen LogP contribution in [0, 0.1) is 11.3 Å². The number of alkyl carbamates (subject to hydrolysis) is 1. The van der Waals surface area contributed by atoms with Crippen LogP contribution in [0.1, 0.15) is 41.0 Å². The maximum absolute atomic E-state index is 14.2. The molecule has 0 unspecified atom stereocenters. The molecule has 1 aliphatic heterocycles. The number of fused-ring (bicyclic) bond motifs is 4. The van der Waals surface area contributed by atoms with Crippen molar-refractivity contribution >= 4 is 44.0 Å². The molecule has 9 heteroatoms. The van der Waals surface area contributed by atoms with Gasteiger partial charge in [-0.2, -0.15) is 15.7 Å². The van der Waals surface area contributed by atoms with Gasteiger partial charge in [0.25, 0.3) is 0 Å². The zero-order valence-corrected chi connectivity index (χ0v) is 28.4. The van der Waals surface area contributed by atoms with Gasteiger partial charge >= 0.3 is 6.09 Å². The van der Waals surface area contributed by atoms with E-state index in [1.807, 2.05) is 85.1 Å². The predicted molar refractivity (Wildman–Crippen MR) is 198 cm³/mol. The molecule has 0 bridgehead atoms. The standard InChI is InChI=1S/C41H38N4O4S/c42-24-38(50-20-10-11-21-50)39(46)36(22-27-12-2-1-3-13-27)44-40(47)37(23-28-25-43-35-19-9-8-14-29(28)35)45-41(48)49-26-34-32-17-6-4-15-30(32)31-16-5-7-18-33(31)34/h1-9,12-19,25,34,36-37,43H,10-11,20-23,26H2,(H,44,47)(H,45,48)/t36-,37-/m0/s1. The quantitative estimate of drug-likeness (QED) is 0.134. The summed E-state index contributed by atoms with van der Waals surface area (Å²) in [6.45, 7) is 0.0964. The number of amides is 2. The molecule has 5 aromatic rings. The second-order valence-corrected chi connectivity index (χ2v) is 15.0. The molecule has 3 N–H and O–H groups in total. The minimum absolute atomic E-state index is 0.0964. The lowest BCUT2D eigenvalue weighted by Crippen LogP contribution is -2.54. The molecule has 1 aliphatic carbocycles. The van der Waals surface area contributed by atoms with Gasteiger partial charge in [0, 0.05) is 35.9 Å². The number of para-hydroxylation sites is 1. The normalized spacial score (nSPS) is 15.0. The summed E-state index contributed by atoms with van der Waals surface area (Å²) in [5, 5.41) is 16.8. The number of rotatable bonds is 11. The minimum atomic E-state index is -1.06. The second kappa shape index (κ2) is 15.0. The van der Waals surface area contributed by atoms with Gasteiger partial charge in [0.2, 0.25) is 11.7 Å². The van der Waals surface area contributed by atoms with Crippen LogP contribution in [0.15, 0.2) is 109 Å². The van der Waals surface area contributed by atoms with E-state index in [-0.39, 0.29) is 36.0 Å². The summed E-state index contributed by atoms with van der Waals surface area (Å²) in [5.41, 5.74) is 7.02. The molecule has 8 nitrogen and oxygen atoms in total. The average Bonchev–Trinajstić information content (AvgIpc) is 3.90. The van der Waals surface area contributed by atoms with Crippen LogP contribution in [0.4, 0.5) is 4.79 Å². The molecule has 1 saturated heterocycles. The molecule has 1 fully saturated rings. The number of ketones is 1. The zero-order chi connectivity index (χ0) is 34.5. The maximum atomic E-state index is 14.2. The van der Waals surface area contributed by atoms with Crippen LogP contribution in [0.3, 0.4) is 0 Å². The van der Waals surface area contributed by atoms with Crippen molar-refractivity contribution in [1.82, 2.24) is 15.6 Å². The highest BCUT2D eigenvalue weighted by Gasteiger charge is 2.33. The molecule has 0 saturated carbocycles. The van der Waals surface area contributed by atoms with Crippen LogP contribution in [-0.2, 0) is 27.2 Å². The predicted octanol–water partition coefficient (Wildman–Crippen LogP) is 6.67. The van der Waals surface area contributed by atoms with E-state index in [1.165, 1.54) is 0 Å². The van der Waals surface area contributed by atoms with Gasteiger partial charge in [0.15, 0.2) is 0 Å². The number of carbonyl (C=O) groups is 3. The Hall–Kier alpha value is -5.46. The Bertz CT molecular complexity index is 2080. The maximum Gasteiger partial charge on any atom is 0.407 e. The zero-order valence-electron chi connectivity index (χ0n) is 27.6. The first kappa shape index (κ1) is 33.1. The van der Waals surface area contributed by atoms with Gasteiger partial charge < -0.3 is 20.4 Å². The fraction of sp³-hybridized carbons (Fsp3) is 0.244. The summed E-state index contributed by atoms with van der Waals surface area (Å²) < 4.78 is 5.85. The summed E-state index contributed by atoms with van der Waals surface area (Å²) in [5.74, 6) is 0.602. The highest BCUT2D eigenvalue weighted by Crippen LogP contribution is 2.44. The fourth-order valence-corrected chi connectivity index (χ4v) is 9.40. The molecule has 252 valence electrons. The Labute approximate surface area is 293 Å². The van der Waals surface area contributed by atoms with Crippen LogP contribution in [0.2, 0.25) is 0 Å². The minimum Gasteiger partial charge on any atom is -0.449 e. The number of nitrogens with zero attached hydrogens (tertiary/aromatic N) is 1. The van der Waals surface area contributed by atoms with Crippen LogP contribution in [0.5, 0.6) is 0 Å². The summed E-state index contributed by atoms with van der Waals surface area (Å²) >= 11 is 0. The number of aromatic nitrogens is 1. The first-order chi connectivity index (χ1) is 24.5. The first-order valence-corrected chi connectivity index (χ1v) is 18.6. The van der Waals surface area contributed by atoms with Crippen LogP contribution >= 0.6 is 10.5 Å². The van der Waals surface area contributed by atoms with E-state index in [2.05, 4.69) is 46.0 Å². The third kappa shape index (κ3) is 6.98. The van der Waals surface area contributed by atoms with Crippen molar-refractivity contribution < 1.29 is 19.1 Å². The van der Waals surface area contributed by atoms with Crippen molar-refractivity contribution in [2.45, 2.75) is 43.7 Å². The molecule has 0 radical (unpaired) electrons. The number of aromatic amines is 1. The molecule has 2 aliphatic rings. The second-order valence-electron chi connectivity index (χ2n) is 12.8. The number of H-pyrrole nitrogens is 1. The molecule has 0 spiro atoms. The number of ether oxygens (including phenoxy) is 1. The highest BCUT2D eigenvalue weighted by atomic mass is 32.2. The van der Waals surface area contributed by atoms with Crippen molar-refractivity contribution in [3.8, 4) is 17.2 Å². The number of carbonyl (C=O) groups excluding carboxylic acids is 3. The Morgan fingerprint density at radius 3 is 2.14 bits per heavy atom. The van der Waals surface area contributed by atoms with Crippen molar-refractivity contribution in [3.05, 3.63) is 132 Å². The number of hydrogen-bond acceptors (Lipinski definition) is 5. The van der Waals surface area contributed by atoms with E-state index in [0.29, 0.717) is 0 Å². The molecule has 2 atom stereocenters. The summed E-state index contributed by atoms with van der Waals surface area (Å²) in [6, 6.07) is 33.6. The Kier molecular flexibility index (Phi) is 9.90. The van der Waals surface area contributed by atoms with Gasteiger partial charge in [-0.05, 0) is 63.8 Å². The fourth-order valence-electron chi connectivity index (χ4n) is 7.12. The molecule has 4 aromatic carbocycles. The van der Waals surface area contributed by atoms with E-state index in [1.54, 1.807) is 0 Å². The molecule has 2 amide bonds. The van der Waals surface area contributed by atoms with E-state index in [9.17, 15) is 19.6 Å². The largest absolute Gasteiger partial charge is 0.449 e. The van der Waals surface area contributed by atoms with Crippen molar-refractivity contribution in [1.29, 1.82) is 5.26 Å². The van der Waals surface area contributed by atoms with Crippen LogP contribution in [-0.4, -0.2) is 57.8 Å². The Morgan fingerprint density at radius 1 is 0.800 bits per heavy atom. The third-order valence-corrected chi connectivity index (χ3v) is 12.0. The number of nitrogens with one attached hydrogen (secondary N) is 3. The molecule has 50 heavy (non-hydrogen) atoms. The smallest absolute Gasteiger partial charge is 0.407 e. The number of Topliss-reactive ketones (excluding diaryl/α,β-unsaturated/α-hetero) is 1. The summed E-state index contributed by atoms with van der Waals surface area (Å²) in [6.07, 6.45) is 3.45. The lowest BCUT2D eigenvalue weighted by Gasteiger charge is -2.24. The molecular weight excluding hydrogens is 645 g/mol. The van der Waals surface area contributed by atoms with Crippen molar-refractivity contribution in [2.75, 3.05) is 18.1 Å². The van der Waals surface area contributed by atoms with Gasteiger partial charge in [-0.25, -0.2) is 4.79 Å². The third-order valence-electron chi connectivity index (χ3n) is 9.61. The van der Waals surface area contributed by atoms with Gasteiger partial charge in [0.05, 0.1) is 6.04 Å². The Morgan fingerprint density at radius 2 is 1.44 bits per heavy atom. The number of nitriles is 1. The monoisotopic (exact) mass is 682 g/mol. The lowest BCUT2D eigenvalue weighted by molar-refractivity contribution is -0.126. The summed E-state index contributed by atoms with van der Waals surface area (Å²) in [4.78, 5) is 45.3. The summed E-state index contributed by atoms with van der Waals surface area (Å²) in [7, 11) is -0.425. The van der Waals surface area contributed by atoms with E-state index in [0.717, 1.165) is 68.6 Å².